The van der Waals surface area contributed by atoms with Crippen LogP contribution in [0.4, 0.5) is 26.3 Å². The van der Waals surface area contributed by atoms with Crippen molar-refractivity contribution in [1.82, 2.24) is 53.2 Å². The Morgan fingerprint density at radius 3 is 1.50 bits per heavy atom. The van der Waals surface area contributed by atoms with E-state index in [1.165, 1.54) is 46.7 Å². The number of halogens is 8. The van der Waals surface area contributed by atoms with E-state index in [9.17, 15) is 45.5 Å². The first kappa shape index (κ1) is 95.3. The molecule has 0 spiro atoms. The zero-order valence-corrected chi connectivity index (χ0v) is 78.6. The van der Waals surface area contributed by atoms with Crippen molar-refractivity contribution in [2.75, 3.05) is 26.2 Å². The van der Waals surface area contributed by atoms with Crippen molar-refractivity contribution in [2.45, 2.75) is 146 Å². The second-order valence-corrected chi connectivity index (χ2v) is 35.8. The lowest BCUT2D eigenvalue weighted by molar-refractivity contribution is -0.671. The summed E-state index contributed by atoms with van der Waals surface area (Å²) in [4.78, 5) is 80.2. The van der Waals surface area contributed by atoms with Gasteiger partial charge in [0.25, 0.3) is 29.5 Å². The third-order valence-electron chi connectivity index (χ3n) is 22.7. The zero-order valence-electron chi connectivity index (χ0n) is 74.1. The van der Waals surface area contributed by atoms with E-state index < -0.39 is 17.6 Å². The van der Waals surface area contributed by atoms with Crippen LogP contribution < -0.4 is 4.57 Å². The number of carbonyl (C=O) groups is 4. The number of amides is 4. The number of hydrogen-bond donors (Lipinski definition) is 1. The summed E-state index contributed by atoms with van der Waals surface area (Å²) < 4.78 is 94.4. The first-order valence-corrected chi connectivity index (χ1v) is 46.4. The molecule has 0 radical (unpaired) electrons. The molecule has 0 aliphatic heterocycles. The van der Waals surface area contributed by atoms with Crippen molar-refractivity contribution in [3.8, 4) is 0 Å². The van der Waals surface area contributed by atoms with Crippen molar-refractivity contribution in [3.05, 3.63) is 387 Å². The van der Waals surface area contributed by atoms with Crippen LogP contribution in [-0.4, -0.2) is 103 Å². The number of fused-ring (bicyclic) bond motifs is 4. The SMILES string of the molecule is CCCCCN(Cc1nc2ccccc2n1Cc1ccccc1C)C(=O)c1cccc(C)c1F.CCn1c(CN(CCc2ccccc2F)C(=O)c2cccc(Br)c2)nc2ccccc21.CCn1c(CN(CCc2ccccc2F)C(=O)c2cccc(I)c2)nc2ccccc21.Cc1ccc(C(=O)N(Cc2[nH]c3ccccc3[n+]2Cc2ccccc2C(F)(F)F)CC(C)C)s1. The van der Waals surface area contributed by atoms with E-state index in [4.69, 9.17) is 15.0 Å². The van der Waals surface area contributed by atoms with E-state index in [1.54, 1.807) is 87.2 Å². The zero-order chi connectivity index (χ0) is 92.1. The molecular formula is C105H105BrF6IN12O4S+. The number of carbonyl (C=O) groups excluding carboxylic acids is 4. The van der Waals surface area contributed by atoms with Crippen LogP contribution in [0.1, 0.15) is 162 Å². The third kappa shape index (κ3) is 24.0. The van der Waals surface area contributed by atoms with E-state index in [1.807, 2.05) is 189 Å². The van der Waals surface area contributed by atoms with Crippen LogP contribution in [0.5, 0.6) is 0 Å². The van der Waals surface area contributed by atoms with Gasteiger partial charge in [-0.1, -0.05) is 201 Å². The Kier molecular flexibility index (Phi) is 32.8. The van der Waals surface area contributed by atoms with Gasteiger partial charge in [0.2, 0.25) is 0 Å². The summed E-state index contributed by atoms with van der Waals surface area (Å²) in [6.45, 7) is 21.5. The molecule has 130 heavy (non-hydrogen) atoms. The highest BCUT2D eigenvalue weighted by molar-refractivity contribution is 14.1. The Morgan fingerprint density at radius 2 is 0.969 bits per heavy atom. The lowest BCUT2D eigenvalue weighted by Crippen LogP contribution is -2.43. The van der Waals surface area contributed by atoms with Gasteiger partial charge in [-0.25, -0.2) is 37.7 Å². The van der Waals surface area contributed by atoms with Crippen LogP contribution in [0.15, 0.2) is 277 Å². The van der Waals surface area contributed by atoms with Crippen LogP contribution >= 0.6 is 49.9 Å². The maximum atomic E-state index is 14.8. The molecule has 11 aromatic carbocycles. The van der Waals surface area contributed by atoms with Gasteiger partial charge in [0.15, 0.2) is 11.0 Å². The summed E-state index contributed by atoms with van der Waals surface area (Å²) in [6.07, 6.45) is -0.645. The predicted molar refractivity (Wildman–Crippen MR) is 517 cm³/mol. The van der Waals surface area contributed by atoms with Gasteiger partial charge in [0, 0.05) is 75.4 Å². The van der Waals surface area contributed by atoms with Gasteiger partial charge >= 0.3 is 6.18 Å². The molecule has 16 aromatic rings. The molecule has 25 heteroatoms. The number of imidazole rings is 4. The van der Waals surface area contributed by atoms with E-state index in [2.05, 4.69) is 103 Å². The number of nitrogens with one attached hydrogen (secondary N) is 1. The quantitative estimate of drug-likeness (QED) is 0.0203. The highest BCUT2D eigenvalue weighted by atomic mass is 127. The number of thiophene rings is 1. The van der Waals surface area contributed by atoms with Crippen LogP contribution in [0.2, 0.25) is 0 Å². The molecule has 16 rings (SSSR count). The van der Waals surface area contributed by atoms with Crippen LogP contribution in [0.3, 0.4) is 0 Å². The molecule has 0 unspecified atom stereocenters. The van der Waals surface area contributed by atoms with E-state index in [-0.39, 0.29) is 65.4 Å². The summed E-state index contributed by atoms with van der Waals surface area (Å²) in [5, 5.41) is 0. The number of alkyl halides is 3. The minimum Gasteiger partial charge on any atom is -0.331 e. The fourth-order valence-corrected chi connectivity index (χ4v) is 17.8. The normalized spacial score (nSPS) is 11.3. The average Bonchev–Trinajstić information content (AvgIpc) is 1.64. The highest BCUT2D eigenvalue weighted by Gasteiger charge is 2.35. The van der Waals surface area contributed by atoms with Gasteiger partial charge in [-0.05, 0) is 232 Å². The summed E-state index contributed by atoms with van der Waals surface area (Å²) in [6, 6.07) is 82.5. The largest absolute Gasteiger partial charge is 0.416 e. The van der Waals surface area contributed by atoms with E-state index in [0.29, 0.717) is 104 Å². The van der Waals surface area contributed by atoms with Crippen molar-refractivity contribution in [2.24, 2.45) is 5.92 Å². The van der Waals surface area contributed by atoms with Gasteiger partial charge in [-0.15, -0.1) is 11.3 Å². The first-order valence-electron chi connectivity index (χ1n) is 43.7. The monoisotopic (exact) mass is 1950 g/mol. The molecule has 670 valence electrons. The lowest BCUT2D eigenvalue weighted by Gasteiger charge is -2.24. The van der Waals surface area contributed by atoms with Crippen LogP contribution in [0, 0.1) is 47.7 Å². The highest BCUT2D eigenvalue weighted by Crippen LogP contribution is 2.34. The molecule has 5 heterocycles. The molecule has 0 atom stereocenters. The molecular weight excluding hydrogens is 1850 g/mol. The number of H-pyrrole nitrogens is 1. The molecule has 4 amide bonds. The predicted octanol–water partition coefficient (Wildman–Crippen LogP) is 24.4. The average molecular weight is 1950 g/mol. The maximum absolute atomic E-state index is 14.8. The molecule has 1 N–H and O–H groups in total. The van der Waals surface area contributed by atoms with Crippen molar-refractivity contribution >= 4 is 118 Å². The van der Waals surface area contributed by atoms with Crippen molar-refractivity contribution in [1.29, 1.82) is 0 Å². The van der Waals surface area contributed by atoms with Crippen molar-refractivity contribution < 1.29 is 50.1 Å². The second-order valence-electron chi connectivity index (χ2n) is 32.4. The Hall–Kier alpha value is -12.3. The molecule has 0 saturated carbocycles. The molecule has 0 fully saturated rings. The minimum atomic E-state index is -4.44. The van der Waals surface area contributed by atoms with Crippen LogP contribution in [-0.2, 0) is 71.4 Å². The van der Waals surface area contributed by atoms with E-state index in [0.717, 1.165) is 113 Å². The molecule has 0 aliphatic carbocycles. The molecule has 16 nitrogen and oxygen atoms in total. The van der Waals surface area contributed by atoms with Gasteiger partial charge in [0.05, 0.1) is 68.7 Å². The fraction of sp³-hybridized carbons (Fsp3) is 0.257. The summed E-state index contributed by atoms with van der Waals surface area (Å²) in [7, 11) is 0. The number of nitrogens with zero attached hydrogens (tertiary/aromatic N) is 11. The molecule has 5 aromatic heterocycles. The molecule has 0 bridgehead atoms. The number of aromatic nitrogens is 8. The summed E-state index contributed by atoms with van der Waals surface area (Å²) in [5.41, 5.74) is 12.4. The molecule has 0 aliphatic rings. The number of hydrogen-bond acceptors (Lipinski definition) is 8. The Morgan fingerprint density at radius 1 is 0.485 bits per heavy atom. The third-order valence-corrected chi connectivity index (χ3v) is 24.9. The van der Waals surface area contributed by atoms with Gasteiger partial charge in [-0.2, -0.15) is 13.2 Å². The number of para-hydroxylation sites is 8. The second kappa shape index (κ2) is 44.8. The van der Waals surface area contributed by atoms with E-state index >= 15 is 0 Å². The standard InChI is InChI=1S/C29H32FN3O.C26H26F3N3OS.C25H23BrFN3O.C25H23FIN3O/c1-4-5-10-18-32(29(34)24-15-11-13-22(3)28(24)30)20-27-31-25-16-8-9-17-26(25)33(27)19-23-14-7-6-12-21(23)2;1-17(2)14-31(25(33)23-13-12-18(3)34-23)16-24-30-21-10-6-7-11-22(21)32(24)15-19-8-4-5-9-20(19)26(27,28)29;1-2-30-23-13-6-5-12-22(23)28-24(30)17-29(15-14-18-8-3-4-11-21(18)27)25(31)19-9-7-10-20(26)16-19;1-2-30-23-13-6-5-12-22(23)28-24(30)17-29(15-14-18-8-3-4-11-21(18)26)25(31)19-9-7-10-20(27)16-19/h6-9,11-17H,4-5,10,18-20H2,1-3H3;4-13,17H,14-16H2,1-3H3;2*3-13,16H,2,14-15,17H2,1H3/p+1. The van der Waals surface area contributed by atoms with Crippen molar-refractivity contribution in [3.63, 3.8) is 0 Å². The Balaban J connectivity index is 0.000000148. The fourth-order valence-electron chi connectivity index (χ4n) is 16.0. The number of aryl methyl sites for hydroxylation is 5. The van der Waals surface area contributed by atoms with Gasteiger partial charge in [0.1, 0.15) is 48.0 Å². The Labute approximate surface area is 780 Å². The number of rotatable bonds is 30. The first-order chi connectivity index (χ1) is 62.7. The van der Waals surface area contributed by atoms with Crippen LogP contribution in [0.25, 0.3) is 44.1 Å². The number of benzene rings is 11. The molecule has 0 saturated heterocycles. The minimum absolute atomic E-state index is 0.0385. The summed E-state index contributed by atoms with van der Waals surface area (Å²) >= 11 is 7.09. The number of unbranched alkanes of at least 4 members (excludes halogenated alkanes) is 2. The number of aromatic amines is 1. The topological polar surface area (TPSA) is 154 Å². The van der Waals surface area contributed by atoms with Gasteiger partial charge < -0.3 is 33.3 Å². The lowest BCUT2D eigenvalue weighted by atomic mass is 10.1. The maximum Gasteiger partial charge on any atom is 0.416 e. The summed E-state index contributed by atoms with van der Waals surface area (Å²) in [5.74, 6) is 1.88. The van der Waals surface area contributed by atoms with Gasteiger partial charge in [-0.3, -0.25) is 19.2 Å². The Bertz CT molecular complexity index is 6430. The smallest absolute Gasteiger partial charge is 0.331 e.